The summed E-state index contributed by atoms with van der Waals surface area (Å²) in [5.74, 6) is -0.228. The van der Waals surface area contributed by atoms with E-state index in [1.54, 1.807) is 0 Å². The molecule has 1 aliphatic heterocycles. The number of likely N-dealkylation sites (N-methyl/N-ethyl adjacent to an activating group) is 1. The van der Waals surface area contributed by atoms with Crippen molar-refractivity contribution in [3.8, 4) is 0 Å². The molecule has 2 aliphatic rings. The maximum absolute atomic E-state index is 13.3. The number of halogens is 1. The van der Waals surface area contributed by atoms with Crippen LogP contribution < -0.4 is 10.6 Å². The van der Waals surface area contributed by atoms with Crippen LogP contribution >= 0.6 is 0 Å². The first-order valence-corrected chi connectivity index (χ1v) is 9.84. The lowest BCUT2D eigenvalue weighted by atomic mass is 9.96. The Kier molecular flexibility index (Phi) is 6.86. The molecule has 2 amide bonds. The van der Waals surface area contributed by atoms with Crippen molar-refractivity contribution >= 4 is 6.03 Å². The highest BCUT2D eigenvalue weighted by molar-refractivity contribution is 5.74. The van der Waals surface area contributed by atoms with Gasteiger partial charge in [0.2, 0.25) is 0 Å². The van der Waals surface area contributed by atoms with E-state index in [1.165, 1.54) is 31.4 Å². The number of urea groups is 1. The molecule has 1 heterocycles. The van der Waals surface area contributed by atoms with Gasteiger partial charge >= 0.3 is 6.03 Å². The minimum atomic E-state index is -0.228. The fourth-order valence-corrected chi connectivity index (χ4v) is 3.95. The molecule has 0 aromatic heterocycles. The van der Waals surface area contributed by atoms with Crippen molar-refractivity contribution in [3.05, 3.63) is 35.6 Å². The smallest absolute Gasteiger partial charge is 0.315 e. The van der Waals surface area contributed by atoms with Crippen molar-refractivity contribution in [1.82, 2.24) is 20.4 Å². The van der Waals surface area contributed by atoms with E-state index >= 15 is 0 Å². The van der Waals surface area contributed by atoms with E-state index < -0.39 is 0 Å². The highest BCUT2D eigenvalue weighted by atomic mass is 19.1. The van der Waals surface area contributed by atoms with E-state index in [2.05, 4.69) is 27.5 Å². The van der Waals surface area contributed by atoms with Crippen LogP contribution in [0.15, 0.2) is 24.3 Å². The molecule has 6 heteroatoms. The second-order valence-electron chi connectivity index (χ2n) is 7.60. The van der Waals surface area contributed by atoms with Gasteiger partial charge in [0.25, 0.3) is 0 Å². The summed E-state index contributed by atoms with van der Waals surface area (Å²) in [5.41, 5.74) is 1.05. The lowest BCUT2D eigenvalue weighted by Gasteiger charge is -2.38. The van der Waals surface area contributed by atoms with E-state index in [0.717, 1.165) is 44.6 Å². The number of nitrogens with one attached hydrogen (secondary N) is 2. The van der Waals surface area contributed by atoms with Crippen molar-refractivity contribution < 1.29 is 9.18 Å². The highest BCUT2D eigenvalue weighted by Gasteiger charge is 2.25. The number of rotatable bonds is 5. The molecule has 1 unspecified atom stereocenters. The first kappa shape index (κ1) is 19.1. The van der Waals surface area contributed by atoms with E-state index in [1.807, 2.05) is 12.1 Å². The van der Waals surface area contributed by atoms with Crippen LogP contribution in [0.3, 0.4) is 0 Å². The molecular weight excluding hydrogens is 331 g/mol. The number of nitrogens with zero attached hydrogens (tertiary/aromatic N) is 2. The number of hydrogen-bond donors (Lipinski definition) is 2. The minimum Gasteiger partial charge on any atom is -0.336 e. The Hall–Kier alpha value is -1.66. The van der Waals surface area contributed by atoms with Gasteiger partial charge in [0, 0.05) is 38.8 Å². The number of carbonyl (C=O) groups excluding carboxylic acids is 1. The molecule has 2 N–H and O–H groups in total. The summed E-state index contributed by atoms with van der Waals surface area (Å²) < 4.78 is 13.3. The normalized spacial score (nSPS) is 21.3. The predicted octanol–water partition coefficient (Wildman–Crippen LogP) is 2.75. The average molecular weight is 362 g/mol. The van der Waals surface area contributed by atoms with Crippen molar-refractivity contribution in [2.24, 2.45) is 0 Å². The maximum Gasteiger partial charge on any atom is 0.315 e. The van der Waals surface area contributed by atoms with Crippen molar-refractivity contribution in [1.29, 1.82) is 0 Å². The van der Waals surface area contributed by atoms with Crippen LogP contribution in [0.2, 0.25) is 0 Å². The molecule has 0 bridgehead atoms. The summed E-state index contributed by atoms with van der Waals surface area (Å²) in [5, 5.41) is 6.16. The van der Waals surface area contributed by atoms with Gasteiger partial charge in [0.05, 0.1) is 6.04 Å². The molecule has 2 fully saturated rings. The molecule has 1 aliphatic carbocycles. The molecule has 26 heavy (non-hydrogen) atoms. The molecule has 1 aromatic rings. The summed E-state index contributed by atoms with van der Waals surface area (Å²) in [6.07, 6.45) is 5.82. The van der Waals surface area contributed by atoms with Crippen LogP contribution in [0.5, 0.6) is 0 Å². The van der Waals surface area contributed by atoms with E-state index in [9.17, 15) is 9.18 Å². The Morgan fingerprint density at radius 3 is 2.42 bits per heavy atom. The predicted molar refractivity (Wildman–Crippen MR) is 102 cm³/mol. The lowest BCUT2D eigenvalue weighted by molar-refractivity contribution is 0.111. The fraction of sp³-hybridized carbons (Fsp3) is 0.650. The second-order valence-corrected chi connectivity index (χ2v) is 7.60. The van der Waals surface area contributed by atoms with Crippen molar-refractivity contribution in [2.45, 2.75) is 44.2 Å². The maximum atomic E-state index is 13.3. The molecule has 3 rings (SSSR count). The summed E-state index contributed by atoms with van der Waals surface area (Å²) in [7, 11) is 2.13. The summed E-state index contributed by atoms with van der Waals surface area (Å²) in [6, 6.07) is 6.95. The van der Waals surface area contributed by atoms with Crippen molar-refractivity contribution in [2.75, 3.05) is 39.8 Å². The zero-order valence-electron chi connectivity index (χ0n) is 15.7. The number of hydrogen-bond acceptors (Lipinski definition) is 3. The van der Waals surface area contributed by atoms with Gasteiger partial charge in [-0.1, -0.05) is 31.4 Å². The molecule has 0 radical (unpaired) electrons. The average Bonchev–Trinajstić information content (AvgIpc) is 2.65. The molecule has 144 valence electrons. The molecule has 0 spiro atoms. The van der Waals surface area contributed by atoms with Gasteiger partial charge in [-0.15, -0.1) is 0 Å². The third kappa shape index (κ3) is 5.42. The zero-order chi connectivity index (χ0) is 18.4. The first-order chi connectivity index (χ1) is 12.6. The van der Waals surface area contributed by atoms with Crippen LogP contribution in [0.1, 0.15) is 43.7 Å². The van der Waals surface area contributed by atoms with Gasteiger partial charge in [-0.3, -0.25) is 4.90 Å². The van der Waals surface area contributed by atoms with E-state index in [4.69, 9.17) is 0 Å². The number of carbonyl (C=O) groups is 1. The Morgan fingerprint density at radius 1 is 1.12 bits per heavy atom. The number of benzene rings is 1. The zero-order valence-corrected chi connectivity index (χ0v) is 15.7. The summed E-state index contributed by atoms with van der Waals surface area (Å²) in [6.45, 7) is 4.45. The third-order valence-corrected chi connectivity index (χ3v) is 5.63. The SMILES string of the molecule is CN1CCN(C(CNC(=O)NC2CCCCC2)c2ccc(F)cc2)CC1. The first-order valence-electron chi connectivity index (χ1n) is 9.84. The van der Waals surface area contributed by atoms with Crippen LogP contribution in [-0.4, -0.2) is 61.6 Å². The minimum absolute atomic E-state index is 0.0707. The van der Waals surface area contributed by atoms with E-state index in [0.29, 0.717) is 12.6 Å². The Labute approximate surface area is 155 Å². The second kappa shape index (κ2) is 9.33. The molecule has 1 saturated carbocycles. The number of amides is 2. The largest absolute Gasteiger partial charge is 0.336 e. The number of piperazine rings is 1. The van der Waals surface area contributed by atoms with Gasteiger partial charge in [-0.25, -0.2) is 9.18 Å². The van der Waals surface area contributed by atoms with Crippen LogP contribution in [-0.2, 0) is 0 Å². The highest BCUT2D eigenvalue weighted by Crippen LogP contribution is 2.22. The molecular formula is C20H31FN4O. The topological polar surface area (TPSA) is 47.6 Å². The monoisotopic (exact) mass is 362 g/mol. The van der Waals surface area contributed by atoms with Crippen molar-refractivity contribution in [3.63, 3.8) is 0 Å². The fourth-order valence-electron chi connectivity index (χ4n) is 3.95. The van der Waals surface area contributed by atoms with Gasteiger partial charge < -0.3 is 15.5 Å². The molecule has 1 atom stereocenters. The van der Waals surface area contributed by atoms with Gasteiger partial charge in [0.1, 0.15) is 5.82 Å². The van der Waals surface area contributed by atoms with Crippen LogP contribution in [0, 0.1) is 5.82 Å². The van der Waals surface area contributed by atoms with Crippen LogP contribution in [0.4, 0.5) is 9.18 Å². The summed E-state index contributed by atoms with van der Waals surface area (Å²) in [4.78, 5) is 17.0. The Bertz CT molecular complexity index is 566. The van der Waals surface area contributed by atoms with Crippen LogP contribution in [0.25, 0.3) is 0 Å². The Morgan fingerprint density at radius 2 is 1.77 bits per heavy atom. The van der Waals surface area contributed by atoms with Gasteiger partial charge in [-0.2, -0.15) is 0 Å². The standard InChI is InChI=1S/C20H31FN4O/c1-24-11-13-25(14-12-24)19(16-7-9-17(21)10-8-16)15-22-20(26)23-18-5-3-2-4-6-18/h7-10,18-19H,2-6,11-15H2,1H3,(H2,22,23,26). The molecule has 5 nitrogen and oxygen atoms in total. The molecule has 1 saturated heterocycles. The molecule has 1 aromatic carbocycles. The quantitative estimate of drug-likeness (QED) is 0.847. The third-order valence-electron chi connectivity index (χ3n) is 5.63. The lowest BCUT2D eigenvalue weighted by Crippen LogP contribution is -2.50. The van der Waals surface area contributed by atoms with Gasteiger partial charge in [0.15, 0.2) is 0 Å². The van der Waals surface area contributed by atoms with E-state index in [-0.39, 0.29) is 17.9 Å². The summed E-state index contributed by atoms with van der Waals surface area (Å²) >= 11 is 0. The Balaban J connectivity index is 1.59. The van der Waals surface area contributed by atoms with Gasteiger partial charge in [-0.05, 0) is 37.6 Å².